The molecule has 0 fully saturated rings. The predicted molar refractivity (Wildman–Crippen MR) is 112 cm³/mol. The molecule has 30 heavy (non-hydrogen) atoms. The first-order valence-electron chi connectivity index (χ1n) is 9.47. The Morgan fingerprint density at radius 3 is 2.47 bits per heavy atom. The van der Waals surface area contributed by atoms with Gasteiger partial charge in [-0.3, -0.25) is 9.78 Å². The third-order valence-electron chi connectivity index (χ3n) is 4.86. The number of hydrogen-bond donors (Lipinski definition) is 1. The van der Waals surface area contributed by atoms with Gasteiger partial charge in [-0.15, -0.1) is 0 Å². The number of aromatic nitrogens is 3. The minimum absolute atomic E-state index is 0.0246. The molecule has 0 unspecified atom stereocenters. The molecule has 0 aliphatic rings. The van der Waals surface area contributed by atoms with E-state index in [1.807, 2.05) is 26.0 Å². The van der Waals surface area contributed by atoms with Crippen molar-refractivity contribution in [3.63, 3.8) is 0 Å². The van der Waals surface area contributed by atoms with E-state index < -0.39 is 22.7 Å². The average molecular weight is 437 g/mol. The number of ether oxygens (including phenoxy) is 1. The molecule has 0 aliphatic carbocycles. The molecule has 0 amide bonds. The van der Waals surface area contributed by atoms with Crippen molar-refractivity contribution in [2.24, 2.45) is 0 Å². The lowest BCUT2D eigenvalue weighted by Crippen LogP contribution is -2.21. The molecule has 0 atom stereocenters. The fourth-order valence-corrected chi connectivity index (χ4v) is 3.53. The number of H-pyrrole nitrogens is 1. The van der Waals surface area contributed by atoms with Gasteiger partial charge in [0.25, 0.3) is 5.56 Å². The van der Waals surface area contributed by atoms with Gasteiger partial charge >= 0.3 is 6.18 Å². The number of aryl methyl sites for hydroxylation is 1. The second kappa shape index (κ2) is 8.69. The van der Waals surface area contributed by atoms with Crippen LogP contribution in [0.4, 0.5) is 13.2 Å². The zero-order valence-electron chi connectivity index (χ0n) is 16.8. The lowest BCUT2D eigenvalue weighted by Gasteiger charge is -2.16. The summed E-state index contributed by atoms with van der Waals surface area (Å²) in [5, 5.41) is -0.518. The topological polar surface area (TPSA) is 59.9 Å². The van der Waals surface area contributed by atoms with Gasteiger partial charge in [0, 0.05) is 25.8 Å². The highest BCUT2D eigenvalue weighted by molar-refractivity contribution is 7.71. The SMILES string of the molecule is COCCCn1c(=S)[nH]c(=O)c2c(C(F)(F)F)cc(-c3ccc(C(C)C)cc3)nc21. The number of fused-ring (bicyclic) bond motifs is 1. The number of nitrogens with zero attached hydrogens (tertiary/aromatic N) is 2. The highest BCUT2D eigenvalue weighted by atomic mass is 32.1. The molecule has 0 saturated heterocycles. The summed E-state index contributed by atoms with van der Waals surface area (Å²) in [5.41, 5.74) is -0.300. The van der Waals surface area contributed by atoms with Crippen molar-refractivity contribution in [1.29, 1.82) is 0 Å². The van der Waals surface area contributed by atoms with E-state index in [9.17, 15) is 18.0 Å². The summed E-state index contributed by atoms with van der Waals surface area (Å²) in [6.45, 7) is 4.72. The van der Waals surface area contributed by atoms with Crippen molar-refractivity contribution in [1.82, 2.24) is 14.5 Å². The zero-order valence-corrected chi connectivity index (χ0v) is 17.7. The first-order chi connectivity index (χ1) is 14.1. The Kier molecular flexibility index (Phi) is 6.42. The van der Waals surface area contributed by atoms with E-state index in [1.165, 1.54) is 11.7 Å². The Morgan fingerprint density at radius 2 is 1.90 bits per heavy atom. The number of methoxy groups -OCH3 is 1. The van der Waals surface area contributed by atoms with Crippen molar-refractivity contribution >= 4 is 23.3 Å². The summed E-state index contributed by atoms with van der Waals surface area (Å²) in [5.74, 6) is 0.290. The number of aromatic amines is 1. The fraction of sp³-hybridized carbons (Fsp3) is 0.381. The van der Waals surface area contributed by atoms with E-state index in [1.54, 1.807) is 12.1 Å². The number of halogens is 3. The minimum atomic E-state index is -4.73. The number of pyridine rings is 1. The Morgan fingerprint density at radius 1 is 1.23 bits per heavy atom. The summed E-state index contributed by atoms with van der Waals surface area (Å²) < 4.78 is 48.1. The van der Waals surface area contributed by atoms with Crippen LogP contribution in [-0.2, 0) is 17.5 Å². The monoisotopic (exact) mass is 437 g/mol. The van der Waals surface area contributed by atoms with Gasteiger partial charge in [0.05, 0.1) is 16.6 Å². The first kappa shape index (κ1) is 22.2. The van der Waals surface area contributed by atoms with Crippen LogP contribution in [0.1, 0.15) is 37.3 Å². The highest BCUT2D eigenvalue weighted by Crippen LogP contribution is 2.35. The van der Waals surface area contributed by atoms with Crippen LogP contribution in [-0.4, -0.2) is 28.3 Å². The largest absolute Gasteiger partial charge is 0.417 e. The molecule has 0 radical (unpaired) electrons. The number of hydrogen-bond acceptors (Lipinski definition) is 4. The van der Waals surface area contributed by atoms with Gasteiger partial charge in [-0.25, -0.2) is 4.98 Å². The zero-order chi connectivity index (χ0) is 22.1. The lowest BCUT2D eigenvalue weighted by molar-refractivity contribution is -0.136. The van der Waals surface area contributed by atoms with Crippen molar-refractivity contribution in [3.05, 3.63) is 56.6 Å². The second-order valence-corrected chi connectivity index (χ2v) is 7.67. The molecule has 2 heterocycles. The van der Waals surface area contributed by atoms with E-state index in [0.717, 1.165) is 11.6 Å². The molecular weight excluding hydrogens is 415 g/mol. The van der Waals surface area contributed by atoms with Gasteiger partial charge < -0.3 is 9.30 Å². The minimum Gasteiger partial charge on any atom is -0.385 e. The number of alkyl halides is 3. The van der Waals surface area contributed by atoms with Crippen LogP contribution in [0.15, 0.2) is 35.1 Å². The molecule has 0 aliphatic heterocycles. The third kappa shape index (κ3) is 4.46. The molecule has 5 nitrogen and oxygen atoms in total. The molecule has 3 aromatic rings. The number of nitrogens with one attached hydrogen (secondary N) is 1. The molecule has 3 rings (SSSR count). The van der Waals surface area contributed by atoms with Crippen LogP contribution in [0.3, 0.4) is 0 Å². The normalized spacial score (nSPS) is 12.1. The van der Waals surface area contributed by atoms with E-state index in [2.05, 4.69) is 9.97 Å². The smallest absolute Gasteiger partial charge is 0.385 e. The standard InChI is InChI=1S/C21H22F3N3O2S/c1-12(2)13-5-7-14(8-6-13)16-11-15(21(22,23)24)17-18(25-16)27(9-4-10-29-3)20(30)26-19(17)28/h5-8,11-12H,4,9-10H2,1-3H3,(H,26,28,30). The van der Waals surface area contributed by atoms with Crippen LogP contribution < -0.4 is 5.56 Å². The molecule has 0 spiro atoms. The summed E-state index contributed by atoms with van der Waals surface area (Å²) in [7, 11) is 1.53. The van der Waals surface area contributed by atoms with Gasteiger partial charge in [0.1, 0.15) is 5.65 Å². The Labute approximate surface area is 176 Å². The van der Waals surface area contributed by atoms with Crippen LogP contribution in [0.2, 0.25) is 0 Å². The molecule has 2 aromatic heterocycles. The maximum atomic E-state index is 13.9. The molecule has 1 aromatic carbocycles. The van der Waals surface area contributed by atoms with Gasteiger partial charge in [-0.05, 0) is 36.2 Å². The van der Waals surface area contributed by atoms with Crippen LogP contribution in [0.25, 0.3) is 22.3 Å². The van der Waals surface area contributed by atoms with Crippen molar-refractivity contribution in [3.8, 4) is 11.3 Å². The molecular formula is C21H22F3N3O2S. The van der Waals surface area contributed by atoms with Crippen molar-refractivity contribution < 1.29 is 17.9 Å². The summed E-state index contributed by atoms with van der Waals surface area (Å²) >= 11 is 5.20. The molecule has 0 bridgehead atoms. The average Bonchev–Trinajstić information content (AvgIpc) is 2.69. The predicted octanol–water partition coefficient (Wildman–Crippen LogP) is 5.30. The van der Waals surface area contributed by atoms with E-state index in [0.29, 0.717) is 24.5 Å². The van der Waals surface area contributed by atoms with Gasteiger partial charge in [0.2, 0.25) is 0 Å². The molecule has 0 saturated carbocycles. The summed E-state index contributed by atoms with van der Waals surface area (Å²) in [6.07, 6.45) is -4.23. The second-order valence-electron chi connectivity index (χ2n) is 7.29. The Hall–Kier alpha value is -2.52. The van der Waals surface area contributed by atoms with E-state index >= 15 is 0 Å². The van der Waals surface area contributed by atoms with Crippen LogP contribution in [0.5, 0.6) is 0 Å². The number of benzene rings is 1. The van der Waals surface area contributed by atoms with Gasteiger partial charge in [0.15, 0.2) is 4.77 Å². The van der Waals surface area contributed by atoms with Crippen molar-refractivity contribution in [2.75, 3.05) is 13.7 Å². The first-order valence-corrected chi connectivity index (χ1v) is 9.88. The van der Waals surface area contributed by atoms with Crippen molar-refractivity contribution in [2.45, 2.75) is 38.9 Å². The molecule has 9 heteroatoms. The maximum absolute atomic E-state index is 13.9. The third-order valence-corrected chi connectivity index (χ3v) is 5.18. The Bertz CT molecular complexity index is 1170. The maximum Gasteiger partial charge on any atom is 0.417 e. The lowest BCUT2D eigenvalue weighted by atomic mass is 10.00. The van der Waals surface area contributed by atoms with E-state index in [4.69, 9.17) is 17.0 Å². The summed E-state index contributed by atoms with van der Waals surface area (Å²) in [4.78, 5) is 19.2. The van der Waals surface area contributed by atoms with E-state index in [-0.39, 0.29) is 22.7 Å². The fourth-order valence-electron chi connectivity index (χ4n) is 3.26. The van der Waals surface area contributed by atoms with Crippen LogP contribution in [0, 0.1) is 4.77 Å². The van der Waals surface area contributed by atoms with Gasteiger partial charge in [-0.2, -0.15) is 13.2 Å². The Balaban J connectivity index is 2.30. The molecule has 160 valence electrons. The number of rotatable bonds is 6. The highest BCUT2D eigenvalue weighted by Gasteiger charge is 2.35. The van der Waals surface area contributed by atoms with Crippen LogP contribution >= 0.6 is 12.2 Å². The quantitative estimate of drug-likeness (QED) is 0.420. The molecule has 1 N–H and O–H groups in total. The summed E-state index contributed by atoms with van der Waals surface area (Å²) in [6, 6.07) is 8.12. The van der Waals surface area contributed by atoms with Gasteiger partial charge in [-0.1, -0.05) is 38.1 Å².